The molecule has 0 heterocycles. The van der Waals surface area contributed by atoms with Gasteiger partial charge in [-0.1, -0.05) is 12.1 Å². The number of alkyl halides is 6. The second-order valence-corrected chi connectivity index (χ2v) is 5.96. The minimum Gasteiger partial charge on any atom is -0.528 e. The third-order valence-electron chi connectivity index (χ3n) is 3.61. The average Bonchev–Trinajstić information content (AvgIpc) is 2.61. The molecule has 0 aliphatic heterocycles. The molecule has 0 fully saturated rings. The summed E-state index contributed by atoms with van der Waals surface area (Å²) in [5.74, 6) is 0.303. The van der Waals surface area contributed by atoms with Crippen LogP contribution in [-0.4, -0.2) is 32.2 Å². The van der Waals surface area contributed by atoms with Crippen molar-refractivity contribution in [2.45, 2.75) is 38.4 Å². The van der Waals surface area contributed by atoms with Crippen LogP contribution in [0, 0.1) is 0 Å². The van der Waals surface area contributed by atoms with Gasteiger partial charge >= 0.3 is 20.0 Å². The van der Waals surface area contributed by atoms with Gasteiger partial charge in [-0.05, 0) is 38.1 Å². The van der Waals surface area contributed by atoms with Crippen LogP contribution in [-0.2, 0) is 0 Å². The van der Waals surface area contributed by atoms with E-state index in [2.05, 4.69) is 0 Å². The van der Waals surface area contributed by atoms with Crippen molar-refractivity contribution in [3.8, 4) is 23.0 Å². The molecular formula is C18H17BF6O4. The summed E-state index contributed by atoms with van der Waals surface area (Å²) in [5, 5.41) is 0. The standard InChI is InChI=1S/C18H17BF6O4/c1-11(17(20,21)22)26-13-5-3-7-15(9-13)28-19-29-16-8-4-6-14(10-16)27-12(2)18(23,24)25/h3-12,19H,1-2H3. The monoisotopic (exact) mass is 422 g/mol. The topological polar surface area (TPSA) is 36.9 Å². The first kappa shape index (κ1) is 22.6. The lowest BCUT2D eigenvalue weighted by Gasteiger charge is -2.18. The van der Waals surface area contributed by atoms with Gasteiger partial charge in [0.2, 0.25) is 0 Å². The predicted octanol–water partition coefficient (Wildman–Crippen LogP) is 5.07. The molecule has 0 N–H and O–H groups in total. The zero-order chi connectivity index (χ0) is 21.7. The van der Waals surface area contributed by atoms with Crippen molar-refractivity contribution >= 4 is 7.69 Å². The van der Waals surface area contributed by atoms with Gasteiger partial charge in [-0.25, -0.2) is 0 Å². The third kappa shape index (κ3) is 7.32. The van der Waals surface area contributed by atoms with Crippen LogP contribution in [0.25, 0.3) is 0 Å². The van der Waals surface area contributed by atoms with E-state index in [0.717, 1.165) is 13.8 Å². The summed E-state index contributed by atoms with van der Waals surface area (Å²) in [6, 6.07) is 11.1. The molecule has 2 rings (SSSR count). The van der Waals surface area contributed by atoms with Crippen molar-refractivity contribution < 1.29 is 45.1 Å². The SMILES string of the molecule is CC(Oc1cccc(OBOc2cccc(OC(C)C(F)(F)F)c2)c1)C(F)(F)F. The summed E-state index contributed by atoms with van der Waals surface area (Å²) in [5.41, 5.74) is 0. The number of hydrogen-bond acceptors (Lipinski definition) is 4. The molecule has 0 amide bonds. The second-order valence-electron chi connectivity index (χ2n) is 5.96. The van der Waals surface area contributed by atoms with Crippen LogP contribution in [0.4, 0.5) is 26.3 Å². The maximum Gasteiger partial charge on any atom is 0.576 e. The summed E-state index contributed by atoms with van der Waals surface area (Å²) >= 11 is 0. The molecule has 158 valence electrons. The van der Waals surface area contributed by atoms with Gasteiger partial charge in [0.1, 0.15) is 23.0 Å². The van der Waals surface area contributed by atoms with E-state index in [1.165, 1.54) is 48.5 Å². The lowest BCUT2D eigenvalue weighted by atomic mass is 10.2. The van der Waals surface area contributed by atoms with Crippen LogP contribution in [0.5, 0.6) is 23.0 Å². The molecule has 0 radical (unpaired) electrons. The fourth-order valence-electron chi connectivity index (χ4n) is 1.98. The number of hydrogen-bond donors (Lipinski definition) is 0. The van der Waals surface area contributed by atoms with Gasteiger partial charge in [0.15, 0.2) is 12.2 Å². The van der Waals surface area contributed by atoms with Crippen molar-refractivity contribution in [3.63, 3.8) is 0 Å². The highest BCUT2D eigenvalue weighted by Crippen LogP contribution is 2.28. The molecule has 29 heavy (non-hydrogen) atoms. The smallest absolute Gasteiger partial charge is 0.528 e. The van der Waals surface area contributed by atoms with E-state index in [9.17, 15) is 26.3 Å². The molecule has 0 spiro atoms. The highest BCUT2D eigenvalue weighted by Gasteiger charge is 2.38. The Labute approximate surface area is 163 Å². The first-order valence-corrected chi connectivity index (χ1v) is 8.37. The molecule has 2 unspecified atom stereocenters. The van der Waals surface area contributed by atoms with Gasteiger partial charge in [0.25, 0.3) is 0 Å². The van der Waals surface area contributed by atoms with Crippen molar-refractivity contribution in [3.05, 3.63) is 48.5 Å². The largest absolute Gasteiger partial charge is 0.576 e. The number of halogens is 6. The molecule has 0 saturated heterocycles. The van der Waals surface area contributed by atoms with E-state index in [-0.39, 0.29) is 30.7 Å². The van der Waals surface area contributed by atoms with Crippen molar-refractivity contribution in [2.75, 3.05) is 0 Å². The normalized spacial score (nSPS) is 13.9. The molecule has 2 aromatic carbocycles. The van der Waals surface area contributed by atoms with E-state index in [1.807, 2.05) is 0 Å². The van der Waals surface area contributed by atoms with Crippen LogP contribution in [0.1, 0.15) is 13.8 Å². The minimum absolute atomic E-state index is 0.0381. The first-order valence-electron chi connectivity index (χ1n) is 8.37. The van der Waals surface area contributed by atoms with Gasteiger partial charge in [0, 0.05) is 12.1 Å². The van der Waals surface area contributed by atoms with Crippen LogP contribution < -0.4 is 18.8 Å². The van der Waals surface area contributed by atoms with E-state index < -0.39 is 24.6 Å². The summed E-state index contributed by atoms with van der Waals surface area (Å²) in [7, 11) is -0.337. The highest BCUT2D eigenvalue weighted by molar-refractivity contribution is 6.20. The van der Waals surface area contributed by atoms with E-state index in [4.69, 9.17) is 18.8 Å². The zero-order valence-electron chi connectivity index (χ0n) is 15.4. The average molecular weight is 422 g/mol. The summed E-state index contributed by atoms with van der Waals surface area (Å²) in [4.78, 5) is 0. The maximum atomic E-state index is 12.6. The Morgan fingerprint density at radius 3 is 1.34 bits per heavy atom. The molecule has 0 aromatic heterocycles. The third-order valence-corrected chi connectivity index (χ3v) is 3.61. The highest BCUT2D eigenvalue weighted by atomic mass is 19.4. The van der Waals surface area contributed by atoms with Crippen LogP contribution >= 0.6 is 0 Å². The van der Waals surface area contributed by atoms with E-state index in [0.29, 0.717) is 0 Å². The Bertz CT molecular complexity index is 731. The van der Waals surface area contributed by atoms with Gasteiger partial charge in [-0.2, -0.15) is 26.3 Å². The lowest BCUT2D eigenvalue weighted by Crippen LogP contribution is -2.31. The second kappa shape index (κ2) is 9.19. The molecular weight excluding hydrogens is 405 g/mol. The van der Waals surface area contributed by atoms with Crippen LogP contribution in [0.3, 0.4) is 0 Å². The summed E-state index contributed by atoms with van der Waals surface area (Å²) < 4.78 is 95.5. The fraction of sp³-hybridized carbons (Fsp3) is 0.333. The summed E-state index contributed by atoms with van der Waals surface area (Å²) in [6.07, 6.45) is -13.0. The van der Waals surface area contributed by atoms with Gasteiger partial charge in [-0.15, -0.1) is 0 Å². The summed E-state index contributed by atoms with van der Waals surface area (Å²) in [6.45, 7) is 1.76. The van der Waals surface area contributed by atoms with Crippen molar-refractivity contribution in [1.82, 2.24) is 0 Å². The number of ether oxygens (including phenoxy) is 2. The Morgan fingerprint density at radius 1 is 0.655 bits per heavy atom. The first-order chi connectivity index (χ1) is 13.4. The van der Waals surface area contributed by atoms with Crippen molar-refractivity contribution in [2.24, 2.45) is 0 Å². The van der Waals surface area contributed by atoms with Crippen LogP contribution in [0.2, 0.25) is 0 Å². The fourth-order valence-corrected chi connectivity index (χ4v) is 1.98. The molecule has 0 bridgehead atoms. The van der Waals surface area contributed by atoms with Crippen molar-refractivity contribution in [1.29, 1.82) is 0 Å². The number of benzene rings is 2. The lowest BCUT2D eigenvalue weighted by molar-refractivity contribution is -0.189. The quantitative estimate of drug-likeness (QED) is 0.440. The van der Waals surface area contributed by atoms with E-state index >= 15 is 0 Å². The Balaban J connectivity index is 1.90. The number of rotatable bonds is 8. The minimum atomic E-state index is -4.50. The Morgan fingerprint density at radius 2 is 1.00 bits per heavy atom. The molecule has 2 aromatic rings. The molecule has 2 atom stereocenters. The molecule has 0 aliphatic carbocycles. The molecule has 0 saturated carbocycles. The van der Waals surface area contributed by atoms with E-state index in [1.54, 1.807) is 0 Å². The predicted molar refractivity (Wildman–Crippen MR) is 93.6 cm³/mol. The van der Waals surface area contributed by atoms with Gasteiger partial charge in [-0.3, -0.25) is 0 Å². The Kier molecular flexibility index (Phi) is 7.15. The zero-order valence-corrected chi connectivity index (χ0v) is 15.4. The van der Waals surface area contributed by atoms with Gasteiger partial charge < -0.3 is 18.8 Å². The Hall–Kier alpha value is -2.72. The molecule has 11 heteroatoms. The van der Waals surface area contributed by atoms with Gasteiger partial charge in [0.05, 0.1) is 0 Å². The van der Waals surface area contributed by atoms with Crippen LogP contribution in [0.15, 0.2) is 48.5 Å². The molecule has 0 aliphatic rings. The maximum absolute atomic E-state index is 12.6. The molecule has 4 nitrogen and oxygen atoms in total.